The van der Waals surface area contributed by atoms with Crippen LogP contribution in [0.25, 0.3) is 0 Å². The van der Waals surface area contributed by atoms with E-state index in [9.17, 15) is 9.59 Å². The molecule has 1 atom stereocenters. The van der Waals surface area contributed by atoms with Gasteiger partial charge < -0.3 is 24.8 Å². The van der Waals surface area contributed by atoms with Gasteiger partial charge in [0.2, 0.25) is 0 Å². The van der Waals surface area contributed by atoms with E-state index in [0.717, 1.165) is 0 Å². The minimum Gasteiger partial charge on any atom is -0.497 e. The zero-order chi connectivity index (χ0) is 20.4. The van der Waals surface area contributed by atoms with E-state index in [0.29, 0.717) is 42.3 Å². The van der Waals surface area contributed by atoms with Gasteiger partial charge in [0.25, 0.3) is 11.8 Å². The molecule has 0 aliphatic rings. The third-order valence-electron chi connectivity index (χ3n) is 3.98. The maximum absolute atomic E-state index is 12.5. The van der Waals surface area contributed by atoms with Crippen molar-refractivity contribution >= 4 is 17.5 Å². The Balaban J connectivity index is 1.97. The van der Waals surface area contributed by atoms with Crippen molar-refractivity contribution in [2.45, 2.75) is 19.4 Å². The number of nitrogens with one attached hydrogen (secondary N) is 2. The molecule has 2 rings (SSSR count). The highest BCUT2D eigenvalue weighted by atomic mass is 16.5. The van der Waals surface area contributed by atoms with Crippen LogP contribution in [0.5, 0.6) is 11.5 Å². The van der Waals surface area contributed by atoms with Crippen molar-refractivity contribution in [3.8, 4) is 11.5 Å². The molecule has 0 aliphatic heterocycles. The van der Waals surface area contributed by atoms with Crippen LogP contribution in [0.2, 0.25) is 0 Å². The van der Waals surface area contributed by atoms with Crippen LogP contribution < -0.4 is 20.1 Å². The van der Waals surface area contributed by atoms with Gasteiger partial charge in [-0.25, -0.2) is 0 Å². The highest BCUT2D eigenvalue weighted by Gasteiger charge is 2.18. The maximum Gasteiger partial charge on any atom is 0.265 e. The fourth-order valence-electron chi connectivity index (χ4n) is 2.45. The Labute approximate surface area is 165 Å². The van der Waals surface area contributed by atoms with Gasteiger partial charge >= 0.3 is 0 Å². The molecular formula is C21H26N2O5. The molecule has 7 heteroatoms. The summed E-state index contributed by atoms with van der Waals surface area (Å²) in [5, 5.41) is 5.58. The van der Waals surface area contributed by atoms with Crippen molar-refractivity contribution in [2.24, 2.45) is 0 Å². The number of para-hydroxylation sites is 1. The van der Waals surface area contributed by atoms with Gasteiger partial charge in [0.1, 0.15) is 11.5 Å². The van der Waals surface area contributed by atoms with Crippen LogP contribution in [-0.2, 0) is 9.53 Å². The van der Waals surface area contributed by atoms with E-state index in [1.54, 1.807) is 69.7 Å². The summed E-state index contributed by atoms with van der Waals surface area (Å²) < 4.78 is 15.7. The van der Waals surface area contributed by atoms with Crippen LogP contribution in [0.3, 0.4) is 0 Å². The minimum absolute atomic E-state index is 0.254. The molecule has 0 heterocycles. The zero-order valence-corrected chi connectivity index (χ0v) is 16.4. The first-order valence-electron chi connectivity index (χ1n) is 9.03. The predicted octanol–water partition coefficient (Wildman–Crippen LogP) is 2.87. The number of hydrogen-bond acceptors (Lipinski definition) is 5. The predicted molar refractivity (Wildman–Crippen MR) is 107 cm³/mol. The number of carbonyl (C=O) groups excluding carboxylic acids is 2. The second-order valence-corrected chi connectivity index (χ2v) is 6.07. The molecule has 0 aliphatic carbocycles. The van der Waals surface area contributed by atoms with E-state index in [1.165, 1.54) is 0 Å². The molecule has 0 aromatic heterocycles. The van der Waals surface area contributed by atoms with Crippen LogP contribution >= 0.6 is 0 Å². The lowest BCUT2D eigenvalue weighted by atomic mass is 10.1. The first-order chi connectivity index (χ1) is 13.5. The Morgan fingerprint density at radius 1 is 1.00 bits per heavy atom. The van der Waals surface area contributed by atoms with Crippen molar-refractivity contribution in [1.29, 1.82) is 0 Å². The van der Waals surface area contributed by atoms with Gasteiger partial charge in [0.05, 0.1) is 18.4 Å². The van der Waals surface area contributed by atoms with Gasteiger partial charge in [-0.05, 0) is 49.7 Å². The highest BCUT2D eigenvalue weighted by Crippen LogP contribution is 2.19. The van der Waals surface area contributed by atoms with E-state index in [-0.39, 0.29) is 11.8 Å². The summed E-state index contributed by atoms with van der Waals surface area (Å²) in [6, 6.07) is 13.8. The van der Waals surface area contributed by atoms with E-state index in [4.69, 9.17) is 14.2 Å². The lowest BCUT2D eigenvalue weighted by molar-refractivity contribution is -0.122. The molecular weight excluding hydrogens is 360 g/mol. The Morgan fingerprint density at radius 2 is 1.68 bits per heavy atom. The zero-order valence-electron chi connectivity index (χ0n) is 16.4. The standard InChI is InChI=1S/C21H26N2O5/c1-15(28-17-11-9-16(27-3)10-12-17)20(24)23-19-8-5-4-7-18(19)21(25)22-13-6-14-26-2/h4-5,7-12,15H,6,13-14H2,1-3H3,(H,22,25)(H,23,24)/t15-/m1/s1. The van der Waals surface area contributed by atoms with Crippen LogP contribution in [0.4, 0.5) is 5.69 Å². The summed E-state index contributed by atoms with van der Waals surface area (Å²) in [4.78, 5) is 24.9. The number of carbonyl (C=O) groups is 2. The van der Waals surface area contributed by atoms with E-state index < -0.39 is 6.10 Å². The normalized spacial score (nSPS) is 11.4. The van der Waals surface area contributed by atoms with Crippen molar-refractivity contribution in [3.63, 3.8) is 0 Å². The number of rotatable bonds is 10. The largest absolute Gasteiger partial charge is 0.497 e. The summed E-state index contributed by atoms with van der Waals surface area (Å²) in [5.74, 6) is 0.647. The molecule has 0 bridgehead atoms. The van der Waals surface area contributed by atoms with Crippen molar-refractivity contribution in [1.82, 2.24) is 5.32 Å². The summed E-state index contributed by atoms with van der Waals surface area (Å²) in [5.41, 5.74) is 0.826. The minimum atomic E-state index is -0.744. The Morgan fingerprint density at radius 3 is 2.36 bits per heavy atom. The maximum atomic E-state index is 12.5. The van der Waals surface area contributed by atoms with E-state index in [1.807, 2.05) is 0 Å². The highest BCUT2D eigenvalue weighted by molar-refractivity contribution is 6.04. The molecule has 0 unspecified atom stereocenters. The summed E-state index contributed by atoms with van der Waals surface area (Å²) in [6.07, 6.45) is -0.0324. The fraction of sp³-hybridized carbons (Fsp3) is 0.333. The molecule has 0 fully saturated rings. The molecule has 2 aromatic carbocycles. The Kier molecular flexibility index (Phi) is 8.30. The van der Waals surface area contributed by atoms with Gasteiger partial charge in [-0.1, -0.05) is 12.1 Å². The number of benzene rings is 2. The number of hydrogen-bond donors (Lipinski definition) is 2. The SMILES string of the molecule is COCCCNC(=O)c1ccccc1NC(=O)[C@@H](C)Oc1ccc(OC)cc1. The topological polar surface area (TPSA) is 85.9 Å². The third kappa shape index (κ3) is 6.28. The molecule has 0 saturated carbocycles. The van der Waals surface area contributed by atoms with Crippen LogP contribution in [-0.4, -0.2) is 45.3 Å². The molecule has 150 valence electrons. The Bertz CT molecular complexity index is 777. The number of anilines is 1. The second-order valence-electron chi connectivity index (χ2n) is 6.07. The van der Waals surface area contributed by atoms with Gasteiger partial charge in [-0.3, -0.25) is 9.59 Å². The second kappa shape index (κ2) is 10.9. The van der Waals surface area contributed by atoms with Crippen molar-refractivity contribution in [2.75, 3.05) is 32.7 Å². The van der Waals surface area contributed by atoms with Crippen LogP contribution in [0.1, 0.15) is 23.7 Å². The molecule has 2 aromatic rings. The van der Waals surface area contributed by atoms with Gasteiger partial charge in [-0.15, -0.1) is 0 Å². The molecule has 2 N–H and O–H groups in total. The quantitative estimate of drug-likeness (QED) is 0.613. The van der Waals surface area contributed by atoms with Crippen LogP contribution in [0, 0.1) is 0 Å². The van der Waals surface area contributed by atoms with E-state index in [2.05, 4.69) is 10.6 Å². The first kappa shape index (κ1) is 21.2. The molecule has 0 spiro atoms. The van der Waals surface area contributed by atoms with E-state index >= 15 is 0 Å². The third-order valence-corrected chi connectivity index (χ3v) is 3.98. The number of amides is 2. The van der Waals surface area contributed by atoms with Gasteiger partial charge in [0.15, 0.2) is 6.10 Å². The molecule has 0 radical (unpaired) electrons. The monoisotopic (exact) mass is 386 g/mol. The van der Waals surface area contributed by atoms with Crippen LogP contribution in [0.15, 0.2) is 48.5 Å². The summed E-state index contributed by atoms with van der Waals surface area (Å²) in [7, 11) is 3.19. The average Bonchev–Trinajstić information content (AvgIpc) is 2.72. The first-order valence-corrected chi connectivity index (χ1v) is 9.03. The number of ether oxygens (including phenoxy) is 3. The molecule has 28 heavy (non-hydrogen) atoms. The van der Waals surface area contributed by atoms with Gasteiger partial charge in [0, 0.05) is 20.3 Å². The molecule has 2 amide bonds. The smallest absolute Gasteiger partial charge is 0.265 e. The fourth-order valence-corrected chi connectivity index (χ4v) is 2.45. The lowest BCUT2D eigenvalue weighted by Gasteiger charge is -2.16. The number of methoxy groups -OCH3 is 2. The lowest BCUT2D eigenvalue weighted by Crippen LogP contribution is -2.32. The summed E-state index contributed by atoms with van der Waals surface area (Å²) >= 11 is 0. The van der Waals surface area contributed by atoms with Crippen molar-refractivity contribution in [3.05, 3.63) is 54.1 Å². The average molecular weight is 386 g/mol. The summed E-state index contributed by atoms with van der Waals surface area (Å²) in [6.45, 7) is 2.71. The Hall–Kier alpha value is -3.06. The van der Waals surface area contributed by atoms with Gasteiger partial charge in [-0.2, -0.15) is 0 Å². The molecule has 7 nitrogen and oxygen atoms in total. The molecule has 0 saturated heterocycles. The van der Waals surface area contributed by atoms with Crippen molar-refractivity contribution < 1.29 is 23.8 Å².